The maximum atomic E-state index is 11.8. The lowest BCUT2D eigenvalue weighted by Crippen LogP contribution is -2.22. The second-order valence-corrected chi connectivity index (χ2v) is 5.01. The zero-order valence-corrected chi connectivity index (χ0v) is 12.5. The lowest BCUT2D eigenvalue weighted by atomic mass is 10.1. The number of hydrogen-bond acceptors (Lipinski definition) is 5. The molecule has 0 fully saturated rings. The molecule has 0 radical (unpaired) electrons. The molecule has 2 aromatic rings. The van der Waals surface area contributed by atoms with Gasteiger partial charge in [0.1, 0.15) is 5.76 Å². The number of nitrogens with one attached hydrogen (secondary N) is 2. The highest BCUT2D eigenvalue weighted by Crippen LogP contribution is 2.27. The summed E-state index contributed by atoms with van der Waals surface area (Å²) in [4.78, 5) is 11.8. The summed E-state index contributed by atoms with van der Waals surface area (Å²) in [6.07, 6.45) is 0. The van der Waals surface area contributed by atoms with Gasteiger partial charge in [0.05, 0.1) is 13.2 Å². The first-order valence-electron chi connectivity index (χ1n) is 6.37. The van der Waals surface area contributed by atoms with E-state index in [1.54, 1.807) is 19.1 Å². The van der Waals surface area contributed by atoms with Crippen LogP contribution in [0.25, 0.3) is 0 Å². The van der Waals surface area contributed by atoms with Gasteiger partial charge in [-0.2, -0.15) is 0 Å². The molecule has 0 saturated carbocycles. The van der Waals surface area contributed by atoms with Gasteiger partial charge >= 0.3 is 0 Å². The van der Waals surface area contributed by atoms with Crippen molar-refractivity contribution in [1.29, 1.82) is 0 Å². The predicted octanol–water partition coefficient (Wildman–Crippen LogP) is 2.49. The van der Waals surface area contributed by atoms with Gasteiger partial charge in [-0.1, -0.05) is 22.8 Å². The fraction of sp³-hybridized carbons (Fsp3) is 0.286. The van der Waals surface area contributed by atoms with Crippen molar-refractivity contribution >= 4 is 29.0 Å². The first-order valence-corrected chi connectivity index (χ1v) is 6.75. The smallest absolute Gasteiger partial charge is 0.244 e. The predicted molar refractivity (Wildman–Crippen MR) is 80.5 cm³/mol. The van der Waals surface area contributed by atoms with E-state index in [0.717, 1.165) is 5.56 Å². The Morgan fingerprint density at radius 2 is 2.19 bits per heavy atom. The van der Waals surface area contributed by atoms with E-state index in [1.165, 1.54) is 0 Å². The lowest BCUT2D eigenvalue weighted by Gasteiger charge is -2.14. The molecule has 112 valence electrons. The highest BCUT2D eigenvalue weighted by atomic mass is 35.5. The molecule has 21 heavy (non-hydrogen) atoms. The second kappa shape index (κ2) is 6.60. The molecule has 0 aliphatic carbocycles. The van der Waals surface area contributed by atoms with Crippen LogP contribution in [0, 0.1) is 13.8 Å². The Morgan fingerprint density at radius 1 is 1.43 bits per heavy atom. The average Bonchev–Trinajstić information content (AvgIpc) is 2.84. The summed E-state index contributed by atoms with van der Waals surface area (Å²) < 4.78 is 4.86. The monoisotopic (exact) mass is 309 g/mol. The van der Waals surface area contributed by atoms with E-state index in [-0.39, 0.29) is 19.1 Å². The van der Waals surface area contributed by atoms with Crippen molar-refractivity contribution < 1.29 is 14.4 Å². The topological polar surface area (TPSA) is 87.4 Å². The number of anilines is 2. The van der Waals surface area contributed by atoms with Crippen LogP contribution in [0.2, 0.25) is 5.02 Å². The number of aliphatic hydroxyl groups excluding tert-OH is 1. The van der Waals surface area contributed by atoms with Crippen molar-refractivity contribution in [2.75, 3.05) is 17.2 Å². The third-order valence-electron chi connectivity index (χ3n) is 2.94. The van der Waals surface area contributed by atoms with E-state index < -0.39 is 0 Å². The number of carbonyl (C=O) groups is 1. The number of halogens is 1. The van der Waals surface area contributed by atoms with Crippen LogP contribution in [0.3, 0.4) is 0 Å². The largest absolute Gasteiger partial charge is 0.392 e. The maximum Gasteiger partial charge on any atom is 0.244 e. The fourth-order valence-electron chi connectivity index (χ4n) is 1.92. The molecule has 1 aromatic heterocycles. The number of nitrogens with zero attached hydrogens (tertiary/aromatic N) is 1. The van der Waals surface area contributed by atoms with Gasteiger partial charge in [-0.3, -0.25) is 4.79 Å². The highest BCUT2D eigenvalue weighted by Gasteiger charge is 2.11. The average molecular weight is 310 g/mol. The molecular formula is C14H16ClN3O3. The van der Waals surface area contributed by atoms with E-state index in [0.29, 0.717) is 27.9 Å². The van der Waals surface area contributed by atoms with Gasteiger partial charge < -0.3 is 20.3 Å². The van der Waals surface area contributed by atoms with Crippen molar-refractivity contribution in [3.05, 3.63) is 40.1 Å². The molecule has 0 aliphatic heterocycles. The quantitative estimate of drug-likeness (QED) is 0.790. The Labute approximate surface area is 127 Å². The zero-order valence-electron chi connectivity index (χ0n) is 11.7. The summed E-state index contributed by atoms with van der Waals surface area (Å²) in [7, 11) is 0. The van der Waals surface area contributed by atoms with Gasteiger partial charge in [-0.25, -0.2) is 0 Å². The van der Waals surface area contributed by atoms with Gasteiger partial charge in [-0.05, 0) is 25.5 Å². The number of aliphatic hydroxyl groups is 1. The SMILES string of the molecule is Cc1cc(NC(=O)CNc2c(C)ccc(Cl)c2CO)no1. The lowest BCUT2D eigenvalue weighted by molar-refractivity contribution is -0.114. The molecule has 0 unspecified atom stereocenters. The van der Waals surface area contributed by atoms with E-state index in [9.17, 15) is 9.90 Å². The Kier molecular flexibility index (Phi) is 4.82. The van der Waals surface area contributed by atoms with Crippen molar-refractivity contribution in [2.45, 2.75) is 20.5 Å². The van der Waals surface area contributed by atoms with Crippen LogP contribution in [0.15, 0.2) is 22.7 Å². The summed E-state index contributed by atoms with van der Waals surface area (Å²) in [6.45, 7) is 3.44. The summed E-state index contributed by atoms with van der Waals surface area (Å²) in [5.74, 6) is 0.711. The van der Waals surface area contributed by atoms with Crippen LogP contribution in [-0.4, -0.2) is 22.7 Å². The third-order valence-corrected chi connectivity index (χ3v) is 3.30. The molecule has 3 N–H and O–H groups in total. The summed E-state index contributed by atoms with van der Waals surface area (Å²) in [6, 6.07) is 5.16. The Balaban J connectivity index is 2.03. The highest BCUT2D eigenvalue weighted by molar-refractivity contribution is 6.31. The molecule has 1 heterocycles. The molecule has 0 bridgehead atoms. The van der Waals surface area contributed by atoms with Crippen molar-refractivity contribution in [2.24, 2.45) is 0 Å². The van der Waals surface area contributed by atoms with Crippen LogP contribution in [-0.2, 0) is 11.4 Å². The standard InChI is InChI=1S/C14H16ClN3O3/c1-8-3-4-11(15)10(7-19)14(8)16-6-13(20)17-12-5-9(2)21-18-12/h3-5,16,19H,6-7H2,1-2H3,(H,17,18,20). The van der Waals surface area contributed by atoms with Gasteiger partial charge in [0, 0.05) is 22.3 Å². The number of amides is 1. The van der Waals surface area contributed by atoms with E-state index in [1.807, 2.05) is 13.0 Å². The molecule has 0 aliphatic rings. The van der Waals surface area contributed by atoms with Crippen LogP contribution in [0.4, 0.5) is 11.5 Å². The number of benzene rings is 1. The van der Waals surface area contributed by atoms with Crippen LogP contribution < -0.4 is 10.6 Å². The summed E-state index contributed by atoms with van der Waals surface area (Å²) >= 11 is 6.03. The Bertz CT molecular complexity index is 655. The number of hydrogen-bond donors (Lipinski definition) is 3. The molecule has 1 aromatic carbocycles. The van der Waals surface area contributed by atoms with Crippen molar-refractivity contribution in [3.63, 3.8) is 0 Å². The summed E-state index contributed by atoms with van der Waals surface area (Å²) in [5.41, 5.74) is 2.13. The first kappa shape index (κ1) is 15.3. The third kappa shape index (κ3) is 3.74. The van der Waals surface area contributed by atoms with Crippen molar-refractivity contribution in [1.82, 2.24) is 5.16 Å². The van der Waals surface area contributed by atoms with Crippen LogP contribution in [0.5, 0.6) is 0 Å². The fourth-order valence-corrected chi connectivity index (χ4v) is 2.14. The second-order valence-electron chi connectivity index (χ2n) is 4.60. The molecule has 1 amide bonds. The first-order chi connectivity index (χ1) is 10.0. The molecule has 2 rings (SSSR count). The van der Waals surface area contributed by atoms with Crippen LogP contribution in [0.1, 0.15) is 16.9 Å². The zero-order chi connectivity index (χ0) is 15.4. The van der Waals surface area contributed by atoms with Gasteiger partial charge in [0.25, 0.3) is 0 Å². The number of aryl methyl sites for hydroxylation is 2. The molecule has 0 saturated heterocycles. The number of aromatic nitrogens is 1. The van der Waals surface area contributed by atoms with E-state index in [4.69, 9.17) is 16.1 Å². The summed E-state index contributed by atoms with van der Waals surface area (Å²) in [5, 5.41) is 19.1. The van der Waals surface area contributed by atoms with E-state index in [2.05, 4.69) is 15.8 Å². The van der Waals surface area contributed by atoms with Gasteiger partial charge in [-0.15, -0.1) is 0 Å². The molecule has 7 heteroatoms. The number of carbonyl (C=O) groups excluding carboxylic acids is 1. The molecular weight excluding hydrogens is 294 g/mol. The molecule has 6 nitrogen and oxygen atoms in total. The Morgan fingerprint density at radius 3 is 2.81 bits per heavy atom. The van der Waals surface area contributed by atoms with Gasteiger partial charge in [0.2, 0.25) is 5.91 Å². The van der Waals surface area contributed by atoms with E-state index >= 15 is 0 Å². The molecule has 0 atom stereocenters. The minimum atomic E-state index is -0.272. The normalized spacial score (nSPS) is 10.5. The minimum absolute atomic E-state index is 0.0279. The van der Waals surface area contributed by atoms with Gasteiger partial charge in [0.15, 0.2) is 5.82 Å². The maximum absolute atomic E-state index is 11.8. The minimum Gasteiger partial charge on any atom is -0.392 e. The Hall–Kier alpha value is -2.05. The molecule has 0 spiro atoms. The van der Waals surface area contributed by atoms with Crippen LogP contribution >= 0.6 is 11.6 Å². The number of rotatable bonds is 5. The van der Waals surface area contributed by atoms with Crippen molar-refractivity contribution in [3.8, 4) is 0 Å².